The summed E-state index contributed by atoms with van der Waals surface area (Å²) >= 11 is 0. The number of aromatic nitrogens is 3. The Labute approximate surface area is 131 Å². The van der Waals surface area contributed by atoms with Crippen molar-refractivity contribution in [1.29, 1.82) is 0 Å². The smallest absolute Gasteiger partial charge is 0.435 e. The Bertz CT molecular complexity index is 708. The van der Waals surface area contributed by atoms with Crippen LogP contribution in [0.3, 0.4) is 0 Å². The van der Waals surface area contributed by atoms with Crippen LogP contribution in [0.5, 0.6) is 17.6 Å². The number of alkyl halides is 3. The Morgan fingerprint density at radius 3 is 2.52 bits per heavy atom. The topological polar surface area (TPSA) is 49.2 Å². The van der Waals surface area contributed by atoms with Crippen LogP contribution in [0.15, 0.2) is 18.2 Å². The number of ether oxygens (including phenoxy) is 2. The molecular weight excluding hydrogens is 311 g/mol. The van der Waals surface area contributed by atoms with Gasteiger partial charge in [-0.05, 0) is 31.2 Å². The molecule has 2 aromatic rings. The number of rotatable bonds is 5. The predicted octanol–water partition coefficient (Wildman–Crippen LogP) is 3.72. The lowest BCUT2D eigenvalue weighted by atomic mass is 10.3. The van der Waals surface area contributed by atoms with Gasteiger partial charge in [-0.2, -0.15) is 23.3 Å². The number of pyridine rings is 1. The molecule has 1 saturated carbocycles. The van der Waals surface area contributed by atoms with Crippen LogP contribution < -0.4 is 9.47 Å². The Morgan fingerprint density at radius 2 is 1.91 bits per heavy atom. The summed E-state index contributed by atoms with van der Waals surface area (Å²) in [6.07, 6.45) is -2.20. The van der Waals surface area contributed by atoms with E-state index < -0.39 is 11.9 Å². The molecule has 2 heterocycles. The standard InChI is InChI=1S/C15H16F3N3O2/c1-9-5-12(22-8-10-3-4-10)19-13(6-9)23-14-7-11(15(16,17)18)20-21(14)2/h5-7,10H,3-4,8H2,1-2H3. The average Bonchev–Trinajstić information content (AvgIpc) is 3.19. The van der Waals surface area contributed by atoms with Crippen LogP contribution in [0.4, 0.5) is 13.2 Å². The molecule has 0 amide bonds. The lowest BCUT2D eigenvalue weighted by molar-refractivity contribution is -0.141. The Morgan fingerprint density at radius 1 is 1.22 bits per heavy atom. The summed E-state index contributed by atoms with van der Waals surface area (Å²) in [7, 11) is 1.38. The molecule has 23 heavy (non-hydrogen) atoms. The highest BCUT2D eigenvalue weighted by molar-refractivity contribution is 5.30. The predicted molar refractivity (Wildman–Crippen MR) is 75.5 cm³/mol. The summed E-state index contributed by atoms with van der Waals surface area (Å²) in [5, 5.41) is 3.40. The van der Waals surface area contributed by atoms with Crippen molar-refractivity contribution in [3.05, 3.63) is 29.5 Å². The molecule has 0 bridgehead atoms. The lowest BCUT2D eigenvalue weighted by Gasteiger charge is -2.09. The fourth-order valence-corrected chi connectivity index (χ4v) is 2.01. The van der Waals surface area contributed by atoms with E-state index in [0.717, 1.165) is 29.2 Å². The molecule has 1 aliphatic carbocycles. The fraction of sp³-hybridized carbons (Fsp3) is 0.467. The summed E-state index contributed by atoms with van der Waals surface area (Å²) in [6, 6.07) is 4.23. The Balaban J connectivity index is 1.77. The van der Waals surface area contributed by atoms with Gasteiger partial charge in [0, 0.05) is 25.2 Å². The van der Waals surface area contributed by atoms with E-state index in [0.29, 0.717) is 18.4 Å². The monoisotopic (exact) mass is 327 g/mol. The van der Waals surface area contributed by atoms with Gasteiger partial charge in [-0.25, -0.2) is 4.68 Å². The van der Waals surface area contributed by atoms with Gasteiger partial charge in [-0.15, -0.1) is 0 Å². The number of hydrogen-bond acceptors (Lipinski definition) is 4. The van der Waals surface area contributed by atoms with E-state index in [1.165, 1.54) is 7.05 Å². The van der Waals surface area contributed by atoms with E-state index in [1.54, 1.807) is 12.1 Å². The van der Waals surface area contributed by atoms with Gasteiger partial charge in [-0.1, -0.05) is 0 Å². The second kappa shape index (κ2) is 5.75. The fourth-order valence-electron chi connectivity index (χ4n) is 2.01. The van der Waals surface area contributed by atoms with Crippen LogP contribution in [0, 0.1) is 12.8 Å². The van der Waals surface area contributed by atoms with E-state index in [9.17, 15) is 13.2 Å². The molecule has 0 aliphatic heterocycles. The first-order valence-corrected chi connectivity index (χ1v) is 7.22. The Kier molecular flexibility index (Phi) is 3.91. The van der Waals surface area contributed by atoms with Crippen LogP contribution >= 0.6 is 0 Å². The number of aryl methyl sites for hydroxylation is 2. The van der Waals surface area contributed by atoms with Gasteiger partial charge in [0.1, 0.15) is 0 Å². The summed E-state index contributed by atoms with van der Waals surface area (Å²) in [5.74, 6) is 1.12. The molecule has 2 aromatic heterocycles. The van der Waals surface area contributed by atoms with Crippen LogP contribution in [0.25, 0.3) is 0 Å². The summed E-state index contributed by atoms with van der Waals surface area (Å²) < 4.78 is 50.0. The zero-order valence-electron chi connectivity index (χ0n) is 12.7. The highest BCUT2D eigenvalue weighted by Gasteiger charge is 2.35. The van der Waals surface area contributed by atoms with Crippen molar-refractivity contribution < 1.29 is 22.6 Å². The lowest BCUT2D eigenvalue weighted by Crippen LogP contribution is -2.06. The second-order valence-electron chi connectivity index (χ2n) is 5.67. The zero-order valence-corrected chi connectivity index (χ0v) is 12.7. The highest BCUT2D eigenvalue weighted by atomic mass is 19.4. The molecule has 124 valence electrons. The molecule has 0 saturated heterocycles. The van der Waals surface area contributed by atoms with Gasteiger partial charge < -0.3 is 9.47 Å². The molecule has 0 spiro atoms. The first-order chi connectivity index (χ1) is 10.8. The molecule has 3 rings (SSSR count). The van der Waals surface area contributed by atoms with E-state index >= 15 is 0 Å². The first-order valence-electron chi connectivity index (χ1n) is 7.22. The van der Waals surface area contributed by atoms with Gasteiger partial charge in [0.15, 0.2) is 5.69 Å². The molecule has 8 heteroatoms. The van der Waals surface area contributed by atoms with Crippen molar-refractivity contribution in [2.45, 2.75) is 25.9 Å². The largest absolute Gasteiger partial charge is 0.477 e. The minimum Gasteiger partial charge on any atom is -0.477 e. The molecule has 0 N–H and O–H groups in total. The molecule has 0 radical (unpaired) electrons. The zero-order chi connectivity index (χ0) is 16.6. The van der Waals surface area contributed by atoms with Crippen LogP contribution in [0.1, 0.15) is 24.1 Å². The third-order valence-corrected chi connectivity index (χ3v) is 3.42. The first kappa shape index (κ1) is 15.6. The molecule has 0 unspecified atom stereocenters. The van der Waals surface area contributed by atoms with E-state index in [-0.39, 0.29) is 11.8 Å². The third kappa shape index (κ3) is 3.94. The molecule has 1 fully saturated rings. The number of hydrogen-bond donors (Lipinski definition) is 0. The molecular formula is C15H16F3N3O2. The van der Waals surface area contributed by atoms with Crippen molar-refractivity contribution >= 4 is 0 Å². The third-order valence-electron chi connectivity index (χ3n) is 3.42. The average molecular weight is 327 g/mol. The summed E-state index contributed by atoms with van der Waals surface area (Å²) in [4.78, 5) is 4.17. The molecule has 0 aromatic carbocycles. The van der Waals surface area contributed by atoms with E-state index in [2.05, 4.69) is 10.1 Å². The van der Waals surface area contributed by atoms with Gasteiger partial charge >= 0.3 is 6.18 Å². The van der Waals surface area contributed by atoms with Gasteiger partial charge in [0.25, 0.3) is 0 Å². The van der Waals surface area contributed by atoms with E-state index in [1.807, 2.05) is 6.92 Å². The van der Waals surface area contributed by atoms with Crippen molar-refractivity contribution in [3.8, 4) is 17.6 Å². The molecule has 5 nitrogen and oxygen atoms in total. The van der Waals surface area contributed by atoms with Crippen molar-refractivity contribution in [2.75, 3.05) is 6.61 Å². The SMILES string of the molecule is Cc1cc(OCC2CC2)nc(Oc2cc(C(F)(F)F)nn2C)c1. The van der Waals surface area contributed by atoms with Crippen LogP contribution in [0.2, 0.25) is 0 Å². The van der Waals surface area contributed by atoms with Gasteiger partial charge in [0.05, 0.1) is 6.61 Å². The van der Waals surface area contributed by atoms with Crippen LogP contribution in [-0.2, 0) is 13.2 Å². The van der Waals surface area contributed by atoms with Crippen molar-refractivity contribution in [2.24, 2.45) is 13.0 Å². The van der Waals surface area contributed by atoms with Crippen molar-refractivity contribution in [3.63, 3.8) is 0 Å². The molecule has 1 aliphatic rings. The highest BCUT2D eigenvalue weighted by Crippen LogP contribution is 2.33. The maximum Gasteiger partial charge on any atom is 0.435 e. The minimum atomic E-state index is -4.52. The van der Waals surface area contributed by atoms with Crippen LogP contribution in [-0.4, -0.2) is 21.4 Å². The van der Waals surface area contributed by atoms with E-state index in [4.69, 9.17) is 9.47 Å². The second-order valence-corrected chi connectivity index (χ2v) is 5.67. The Hall–Kier alpha value is -2.25. The van der Waals surface area contributed by atoms with Gasteiger partial charge in [-0.3, -0.25) is 0 Å². The maximum absolute atomic E-state index is 12.7. The minimum absolute atomic E-state index is 0.0384. The maximum atomic E-state index is 12.7. The normalized spacial score (nSPS) is 14.8. The molecule has 0 atom stereocenters. The summed E-state index contributed by atoms with van der Waals surface area (Å²) in [5.41, 5.74) is -0.160. The van der Waals surface area contributed by atoms with Crippen molar-refractivity contribution in [1.82, 2.24) is 14.8 Å². The number of halogens is 3. The summed E-state index contributed by atoms with van der Waals surface area (Å²) in [6.45, 7) is 2.43. The van der Waals surface area contributed by atoms with Gasteiger partial charge in [0.2, 0.25) is 17.6 Å². The number of nitrogens with zero attached hydrogens (tertiary/aromatic N) is 3. The quantitative estimate of drug-likeness (QED) is 0.840.